The van der Waals surface area contributed by atoms with Gasteiger partial charge < -0.3 is 18.5 Å². The summed E-state index contributed by atoms with van der Waals surface area (Å²) in [5.41, 5.74) is 21.8. The van der Waals surface area contributed by atoms with Crippen molar-refractivity contribution < 1.29 is 8.83 Å². The van der Waals surface area contributed by atoms with Gasteiger partial charge in [0.2, 0.25) is 0 Å². The Hall–Kier alpha value is -6.20. The summed E-state index contributed by atoms with van der Waals surface area (Å²) in [6.45, 7) is 23.9. The van der Waals surface area contributed by atoms with Crippen LogP contribution in [0.25, 0.3) is 54.8 Å². The Morgan fingerprint density at radius 2 is 1.19 bits per heavy atom. The number of anilines is 5. The maximum absolute atomic E-state index is 7.73. The van der Waals surface area contributed by atoms with Gasteiger partial charge in [0.15, 0.2) is 5.58 Å². The first-order chi connectivity index (χ1) is 32.6. The molecule has 7 aromatic carbocycles. The normalized spacial score (nSPS) is 18.2. The number of nitrogens with zero attached hydrogens (tertiary/aromatic N) is 2. The van der Waals surface area contributed by atoms with E-state index < -0.39 is 0 Å². The number of hydrogen-bond acceptors (Lipinski definition) is 4. The Balaban J connectivity index is 1.23. The quantitative estimate of drug-likeness (QED) is 0.161. The largest absolute Gasteiger partial charge is 0.466 e. The minimum atomic E-state index is -0.294. The first-order valence-corrected chi connectivity index (χ1v) is 25.5. The van der Waals surface area contributed by atoms with E-state index in [0.29, 0.717) is 0 Å². The van der Waals surface area contributed by atoms with E-state index in [1.165, 1.54) is 96.8 Å². The Bertz CT molecular complexity index is 3600. The number of hydrogen-bond donors (Lipinski definition) is 0. The van der Waals surface area contributed by atoms with Gasteiger partial charge in [-0.25, -0.2) is 0 Å². The molecule has 9 aromatic rings. The molecule has 0 bridgehead atoms. The van der Waals surface area contributed by atoms with Crippen molar-refractivity contribution in [2.75, 3.05) is 9.71 Å². The van der Waals surface area contributed by atoms with E-state index in [9.17, 15) is 0 Å². The Morgan fingerprint density at radius 3 is 1.90 bits per heavy atom. The average molecular weight is 891 g/mol. The lowest BCUT2D eigenvalue weighted by Gasteiger charge is -2.45. The number of unbranched alkanes of at least 4 members (excludes halogenated alkanes) is 1. The molecule has 5 heteroatoms. The number of para-hydroxylation sites is 1. The van der Waals surface area contributed by atoms with E-state index in [0.717, 1.165) is 75.9 Å². The zero-order valence-electron chi connectivity index (χ0n) is 41.7. The molecule has 2 aliphatic carbocycles. The van der Waals surface area contributed by atoms with Crippen LogP contribution in [0.1, 0.15) is 134 Å². The Morgan fingerprint density at radius 1 is 0.559 bits per heavy atom. The van der Waals surface area contributed by atoms with Crippen molar-refractivity contribution in [1.29, 1.82) is 0 Å². The van der Waals surface area contributed by atoms with Crippen molar-refractivity contribution in [3.8, 4) is 11.1 Å². The molecule has 4 aliphatic rings. The molecule has 13 rings (SSSR count). The number of benzene rings is 7. The predicted molar refractivity (Wildman–Crippen MR) is 289 cm³/mol. The molecule has 0 amide bonds. The van der Waals surface area contributed by atoms with E-state index in [2.05, 4.69) is 194 Å². The second-order valence-electron chi connectivity index (χ2n) is 23.6. The third-order valence-corrected chi connectivity index (χ3v) is 17.5. The lowest BCUT2D eigenvalue weighted by molar-refractivity contribution is 0.332. The van der Waals surface area contributed by atoms with Crippen molar-refractivity contribution in [3.05, 3.63) is 149 Å². The van der Waals surface area contributed by atoms with Gasteiger partial charge in [-0.15, -0.1) is 0 Å². The van der Waals surface area contributed by atoms with Crippen molar-refractivity contribution in [3.63, 3.8) is 0 Å². The van der Waals surface area contributed by atoms with Crippen LogP contribution in [-0.4, -0.2) is 6.85 Å². The molecule has 0 fully saturated rings. The molecule has 0 saturated carbocycles. The summed E-state index contributed by atoms with van der Waals surface area (Å²) in [5.74, 6) is 0. The molecule has 340 valence electrons. The summed E-state index contributed by atoms with van der Waals surface area (Å²) >= 11 is 0. The van der Waals surface area contributed by atoms with Gasteiger partial charge >= 0.3 is 6.85 Å². The van der Waals surface area contributed by atoms with E-state index in [4.69, 9.17) is 8.83 Å². The first-order valence-electron chi connectivity index (χ1n) is 25.5. The zero-order valence-corrected chi connectivity index (χ0v) is 41.7. The van der Waals surface area contributed by atoms with E-state index in [1.54, 1.807) is 0 Å². The summed E-state index contributed by atoms with van der Waals surface area (Å²) in [4.78, 5) is 5.24. The monoisotopic (exact) mass is 890 g/mol. The molecule has 0 saturated heterocycles. The summed E-state index contributed by atoms with van der Waals surface area (Å²) in [6.07, 6.45) is 8.01. The molecule has 0 spiro atoms. The van der Waals surface area contributed by atoms with Crippen LogP contribution in [0.3, 0.4) is 0 Å². The molecule has 0 radical (unpaired) electrons. The van der Waals surface area contributed by atoms with Crippen LogP contribution in [0.4, 0.5) is 28.4 Å². The highest BCUT2D eigenvalue weighted by molar-refractivity contribution is 6.93. The molecule has 68 heavy (non-hydrogen) atoms. The fourth-order valence-corrected chi connectivity index (χ4v) is 13.2. The van der Waals surface area contributed by atoms with Crippen LogP contribution in [-0.2, 0) is 28.1 Å². The first kappa shape index (κ1) is 41.9. The minimum absolute atomic E-state index is 0.00431. The fourth-order valence-electron chi connectivity index (χ4n) is 13.2. The van der Waals surface area contributed by atoms with Crippen LogP contribution < -0.4 is 20.8 Å². The lowest BCUT2D eigenvalue weighted by atomic mass is 9.45. The van der Waals surface area contributed by atoms with Gasteiger partial charge in [0.1, 0.15) is 16.8 Å². The van der Waals surface area contributed by atoms with Gasteiger partial charge in [-0.3, -0.25) is 0 Å². The molecule has 0 unspecified atom stereocenters. The van der Waals surface area contributed by atoms with E-state index in [1.807, 2.05) is 0 Å². The van der Waals surface area contributed by atoms with E-state index in [-0.39, 0.29) is 28.5 Å². The van der Waals surface area contributed by atoms with Crippen molar-refractivity contribution in [2.24, 2.45) is 0 Å². The highest BCUT2D eigenvalue weighted by Gasteiger charge is 2.51. The van der Waals surface area contributed by atoms with Gasteiger partial charge in [-0.1, -0.05) is 135 Å². The zero-order chi connectivity index (χ0) is 46.8. The maximum atomic E-state index is 7.73. The molecule has 4 nitrogen and oxygen atoms in total. The van der Waals surface area contributed by atoms with Crippen LogP contribution in [0, 0.1) is 6.92 Å². The van der Waals surface area contributed by atoms with Crippen LogP contribution in [0.15, 0.2) is 124 Å². The molecule has 0 atom stereocenters. The van der Waals surface area contributed by atoms with Gasteiger partial charge in [-0.05, 0) is 171 Å². The standard InChI is InChI=1S/C63H63BN2O2/c1-11-12-17-38-22-25-40(26-23-38)66-50-27-24-39-18-13-14-19-41(39)54(50)45-33-43-42-20-15-16-21-52(42)67-58(43)57-55(45)64(66)59-56(44-34-47-49(36-53(44)68-59)63(9,10)31-29-61(47,5)6)65(57)51-35-48-46(32-37(51)2)60(3,4)28-30-62(48,7)8/h13-16,18-27,32-36H,11-12,17,28-31H2,1-10H3. The van der Waals surface area contributed by atoms with Crippen molar-refractivity contribution in [1.82, 2.24) is 0 Å². The van der Waals surface area contributed by atoms with Crippen LogP contribution in [0.2, 0.25) is 0 Å². The predicted octanol–water partition coefficient (Wildman–Crippen LogP) is 16.5. The van der Waals surface area contributed by atoms with Crippen molar-refractivity contribution >= 4 is 90.1 Å². The summed E-state index contributed by atoms with van der Waals surface area (Å²) in [7, 11) is 0. The molecular weight excluding hydrogens is 828 g/mol. The van der Waals surface area contributed by atoms with Gasteiger partial charge in [-0.2, -0.15) is 0 Å². The molecule has 2 aromatic heterocycles. The van der Waals surface area contributed by atoms with Gasteiger partial charge in [0, 0.05) is 38.8 Å². The molecule has 0 N–H and O–H groups in total. The summed E-state index contributed by atoms with van der Waals surface area (Å²) < 4.78 is 15.1. The number of fused-ring (bicyclic) bond motifs is 14. The SMILES string of the molecule is CCCCc1ccc(N2B3c4oc5cc6c(cc5c4N(c4cc5c(cc4C)C(C)(C)CCC5(C)C)c4c3c(cc3c4oc4ccccc43)-c3c2ccc2ccccc32)C(C)(C)CCC6(C)C)cc1. The average Bonchev–Trinajstić information content (AvgIpc) is 3.89. The second kappa shape index (κ2) is 14.2. The highest BCUT2D eigenvalue weighted by atomic mass is 16.3. The summed E-state index contributed by atoms with van der Waals surface area (Å²) in [6, 6.07) is 44.3. The fraction of sp³-hybridized carbons (Fsp3) is 0.333. The highest BCUT2D eigenvalue weighted by Crippen LogP contribution is 2.57. The van der Waals surface area contributed by atoms with Gasteiger partial charge in [0.05, 0.1) is 11.4 Å². The molecular formula is C63H63BN2O2. The van der Waals surface area contributed by atoms with E-state index >= 15 is 0 Å². The topological polar surface area (TPSA) is 32.8 Å². The van der Waals surface area contributed by atoms with Crippen LogP contribution >= 0.6 is 0 Å². The lowest BCUT2D eigenvalue weighted by Crippen LogP contribution is -2.61. The molecule has 4 heterocycles. The second-order valence-corrected chi connectivity index (χ2v) is 23.6. The minimum Gasteiger partial charge on any atom is -0.466 e. The Kier molecular flexibility index (Phi) is 8.75. The smallest absolute Gasteiger partial charge is 0.376 e. The van der Waals surface area contributed by atoms with Crippen LogP contribution in [0.5, 0.6) is 0 Å². The number of rotatable bonds is 5. The van der Waals surface area contributed by atoms with Gasteiger partial charge in [0.25, 0.3) is 0 Å². The molecule has 2 aliphatic heterocycles. The maximum Gasteiger partial charge on any atom is 0.376 e. The third kappa shape index (κ3) is 5.80. The summed E-state index contributed by atoms with van der Waals surface area (Å²) in [5, 5.41) is 5.92. The Labute approximate surface area is 402 Å². The number of aryl methyl sites for hydroxylation is 2. The third-order valence-electron chi connectivity index (χ3n) is 17.5. The van der Waals surface area contributed by atoms with Crippen molar-refractivity contribution in [2.45, 2.75) is 136 Å². The number of furan rings is 2.